The van der Waals surface area contributed by atoms with E-state index in [1.165, 1.54) is 36.8 Å². The number of pyridine rings is 1. The van der Waals surface area contributed by atoms with Crippen LogP contribution in [0.3, 0.4) is 0 Å². The molecule has 2 N–H and O–H groups in total. The van der Waals surface area contributed by atoms with Gasteiger partial charge in [0.25, 0.3) is 17.8 Å². The van der Waals surface area contributed by atoms with Crippen LogP contribution in [0, 0.1) is 0 Å². The van der Waals surface area contributed by atoms with Crippen molar-refractivity contribution in [3.63, 3.8) is 0 Å². The molecule has 1 aliphatic heterocycles. The lowest BCUT2D eigenvalue weighted by Crippen LogP contribution is -2.26. The molecule has 0 radical (unpaired) electrons. The predicted octanol–water partition coefficient (Wildman–Crippen LogP) is 6.60. The molecule has 1 saturated heterocycles. The highest BCUT2D eigenvalue weighted by molar-refractivity contribution is 7.13. The van der Waals surface area contributed by atoms with Gasteiger partial charge in [-0.2, -0.15) is 0 Å². The van der Waals surface area contributed by atoms with Gasteiger partial charge < -0.3 is 25.0 Å². The molecule has 1 aliphatic rings. The van der Waals surface area contributed by atoms with Crippen molar-refractivity contribution in [3.05, 3.63) is 66.9 Å². The second-order valence-corrected chi connectivity index (χ2v) is 10.6. The van der Waals surface area contributed by atoms with Crippen LogP contribution in [-0.4, -0.2) is 54.0 Å². The highest BCUT2D eigenvalue weighted by atomic mass is 35.5. The number of aromatic nitrogens is 1. The Morgan fingerprint density at radius 3 is 2.64 bits per heavy atom. The molecule has 3 aromatic rings. The van der Waals surface area contributed by atoms with E-state index in [0.29, 0.717) is 35.7 Å². The van der Waals surface area contributed by atoms with E-state index in [1.54, 1.807) is 12.1 Å². The van der Waals surface area contributed by atoms with E-state index in [1.807, 2.05) is 17.2 Å². The summed E-state index contributed by atoms with van der Waals surface area (Å²) in [6, 6.07) is 6.66. The molecule has 1 fully saturated rings. The number of halogens is 3. The summed E-state index contributed by atoms with van der Waals surface area (Å²) in [7, 11) is 1.41. The summed E-state index contributed by atoms with van der Waals surface area (Å²) < 4.78 is 11.3. The lowest BCUT2D eigenvalue weighted by Gasteiger charge is -2.16. The fraction of sp³-hybridized carbons (Fsp3) is 0.308. The van der Waals surface area contributed by atoms with Crippen molar-refractivity contribution < 1.29 is 19.1 Å². The number of hydrogen-bond acceptors (Lipinski definition) is 7. The van der Waals surface area contributed by atoms with Gasteiger partial charge >= 0.3 is 0 Å². The first-order chi connectivity index (χ1) is 18.7. The number of hydrogen-bond donors (Lipinski definition) is 2. The van der Waals surface area contributed by atoms with Gasteiger partial charge in [0.15, 0.2) is 0 Å². The molecule has 4 rings (SSSR count). The van der Waals surface area contributed by atoms with Gasteiger partial charge in [0, 0.05) is 35.9 Å². The van der Waals surface area contributed by atoms with Gasteiger partial charge in [0.1, 0.15) is 22.5 Å². The van der Waals surface area contributed by atoms with Crippen molar-refractivity contribution in [2.24, 2.45) is 4.99 Å². The predicted molar refractivity (Wildman–Crippen MR) is 156 cm³/mol. The first kappa shape index (κ1) is 28.9. The monoisotopic (exact) mass is 609 g/mol. The van der Waals surface area contributed by atoms with E-state index in [-0.39, 0.29) is 38.8 Å². The molecule has 206 valence electrons. The Morgan fingerprint density at radius 2 is 1.97 bits per heavy atom. The fourth-order valence-electron chi connectivity index (χ4n) is 3.90. The SMILES string of the molecule is CCN=C1OC(CC)CN1Cc1csc(C(=O)Nc2c(OC)cc(Cl)cc2C(=O)Nc2ccc(Cl)cn2)c1Cl. The summed E-state index contributed by atoms with van der Waals surface area (Å²) in [5.74, 6) is -0.574. The zero-order valence-electron chi connectivity index (χ0n) is 21.4. The van der Waals surface area contributed by atoms with E-state index >= 15 is 0 Å². The summed E-state index contributed by atoms with van der Waals surface area (Å²) in [4.78, 5) is 37.4. The van der Waals surface area contributed by atoms with Crippen molar-refractivity contribution in [1.82, 2.24) is 9.88 Å². The Hall–Kier alpha value is -3.05. The van der Waals surface area contributed by atoms with Gasteiger partial charge in [0.2, 0.25) is 0 Å². The summed E-state index contributed by atoms with van der Waals surface area (Å²) in [6.45, 7) is 5.73. The Morgan fingerprint density at radius 1 is 1.18 bits per heavy atom. The standard InChI is InChI=1S/C26H26Cl3N5O4S/c1-4-17-12-34(26(38-17)30-5-2)11-14-13-39-23(21(14)29)25(36)33-22-18(8-16(28)9-19(22)37-3)24(35)32-20-7-6-15(27)10-31-20/h6-10,13,17H,4-5,11-12H2,1-3H3,(H,33,36)(H,31,32,35). The Labute approximate surface area is 245 Å². The Kier molecular flexibility index (Phi) is 9.55. The molecule has 1 unspecified atom stereocenters. The Bertz CT molecular complexity index is 1400. The number of carbonyl (C=O) groups is 2. The lowest BCUT2D eigenvalue weighted by atomic mass is 10.1. The highest BCUT2D eigenvalue weighted by Gasteiger charge is 2.30. The van der Waals surface area contributed by atoms with Gasteiger partial charge in [0.05, 0.1) is 35.0 Å². The molecule has 1 aromatic carbocycles. The molecule has 1 atom stereocenters. The summed E-state index contributed by atoms with van der Waals surface area (Å²) in [5.41, 5.74) is 0.990. The zero-order chi connectivity index (χ0) is 28.1. The second kappa shape index (κ2) is 12.9. The van der Waals surface area contributed by atoms with E-state index in [4.69, 9.17) is 44.3 Å². The number of carbonyl (C=O) groups excluding carboxylic acids is 2. The van der Waals surface area contributed by atoms with Crippen molar-refractivity contribution >= 4 is 75.5 Å². The minimum atomic E-state index is -0.554. The number of ether oxygens (including phenoxy) is 2. The smallest absolute Gasteiger partial charge is 0.288 e. The first-order valence-corrected chi connectivity index (χ1v) is 14.1. The quantitative estimate of drug-likeness (QED) is 0.283. The minimum Gasteiger partial charge on any atom is -0.494 e. The normalized spacial score (nSPS) is 15.8. The number of rotatable bonds is 9. The number of thiophene rings is 1. The van der Waals surface area contributed by atoms with Crippen LogP contribution in [0.2, 0.25) is 15.1 Å². The van der Waals surface area contributed by atoms with Gasteiger partial charge in [-0.25, -0.2) is 9.98 Å². The molecular formula is C26H26Cl3N5O4S. The topological polar surface area (TPSA) is 105 Å². The van der Waals surface area contributed by atoms with E-state index in [9.17, 15) is 9.59 Å². The number of nitrogens with one attached hydrogen (secondary N) is 2. The molecule has 9 nitrogen and oxygen atoms in total. The number of amides is 2. The third kappa shape index (κ3) is 6.75. The number of aliphatic imine (C=N–C) groups is 1. The van der Waals surface area contributed by atoms with E-state index < -0.39 is 11.8 Å². The zero-order valence-corrected chi connectivity index (χ0v) is 24.5. The number of amidine groups is 1. The van der Waals surface area contributed by atoms with Crippen LogP contribution in [0.4, 0.5) is 11.5 Å². The molecule has 2 aromatic heterocycles. The first-order valence-electron chi connectivity index (χ1n) is 12.1. The minimum absolute atomic E-state index is 0.0560. The van der Waals surface area contributed by atoms with Crippen molar-refractivity contribution in [2.45, 2.75) is 32.9 Å². The average Bonchev–Trinajstić information content (AvgIpc) is 3.49. The maximum Gasteiger partial charge on any atom is 0.288 e. The average molecular weight is 611 g/mol. The van der Waals surface area contributed by atoms with Crippen LogP contribution in [0.25, 0.3) is 0 Å². The van der Waals surface area contributed by atoms with E-state index in [0.717, 1.165) is 12.0 Å². The molecule has 13 heteroatoms. The van der Waals surface area contributed by atoms with Gasteiger partial charge in [-0.05, 0) is 36.9 Å². The van der Waals surface area contributed by atoms with Crippen molar-refractivity contribution in [2.75, 3.05) is 30.8 Å². The van der Waals surface area contributed by atoms with Crippen molar-refractivity contribution in [3.8, 4) is 5.75 Å². The van der Waals surface area contributed by atoms with Crippen LogP contribution in [0.1, 0.15) is 45.9 Å². The van der Waals surface area contributed by atoms with Gasteiger partial charge in [-0.15, -0.1) is 11.3 Å². The van der Waals surface area contributed by atoms with Crippen LogP contribution in [0.5, 0.6) is 5.75 Å². The second-order valence-electron chi connectivity index (χ2n) is 8.49. The fourth-order valence-corrected chi connectivity index (χ4v) is 5.46. The molecule has 3 heterocycles. The maximum absolute atomic E-state index is 13.4. The third-order valence-corrected chi connectivity index (χ3v) is 7.84. The number of nitrogens with zero attached hydrogens (tertiary/aromatic N) is 3. The van der Waals surface area contributed by atoms with Gasteiger partial charge in [-0.3, -0.25) is 9.59 Å². The highest BCUT2D eigenvalue weighted by Crippen LogP contribution is 2.36. The molecule has 0 spiro atoms. The summed E-state index contributed by atoms with van der Waals surface area (Å²) in [5, 5.41) is 8.27. The van der Waals surface area contributed by atoms with Crippen LogP contribution in [-0.2, 0) is 11.3 Å². The van der Waals surface area contributed by atoms with Gasteiger partial charge in [-0.1, -0.05) is 41.7 Å². The maximum atomic E-state index is 13.4. The molecule has 0 bridgehead atoms. The molecule has 0 saturated carbocycles. The molecule has 39 heavy (non-hydrogen) atoms. The lowest BCUT2D eigenvalue weighted by molar-refractivity contribution is 0.102. The Balaban J connectivity index is 1.57. The van der Waals surface area contributed by atoms with Crippen LogP contribution in [0.15, 0.2) is 40.8 Å². The molecular weight excluding hydrogens is 585 g/mol. The molecule has 0 aliphatic carbocycles. The van der Waals surface area contributed by atoms with E-state index in [2.05, 4.69) is 27.5 Å². The number of anilines is 2. The summed E-state index contributed by atoms with van der Waals surface area (Å²) >= 11 is 20.0. The third-order valence-electron chi connectivity index (χ3n) is 5.82. The largest absolute Gasteiger partial charge is 0.494 e. The van der Waals surface area contributed by atoms with Crippen LogP contribution >= 0.6 is 46.1 Å². The molecule has 2 amide bonds. The summed E-state index contributed by atoms with van der Waals surface area (Å²) in [6.07, 6.45) is 2.32. The van der Waals surface area contributed by atoms with Crippen molar-refractivity contribution in [1.29, 1.82) is 0 Å². The van der Waals surface area contributed by atoms with Crippen LogP contribution < -0.4 is 15.4 Å². The number of benzene rings is 1. The number of methoxy groups -OCH3 is 1.